The van der Waals surface area contributed by atoms with E-state index in [2.05, 4.69) is 4.98 Å². The van der Waals surface area contributed by atoms with Crippen molar-refractivity contribution >= 4 is 15.8 Å². The molecular weight excluding hydrogens is 218 g/mol. The zero-order valence-corrected chi connectivity index (χ0v) is 9.15. The summed E-state index contributed by atoms with van der Waals surface area (Å²) in [5.74, 6) is -1.13. The van der Waals surface area contributed by atoms with Gasteiger partial charge in [0.05, 0.1) is 10.8 Å². The van der Waals surface area contributed by atoms with Gasteiger partial charge >= 0.3 is 5.97 Å². The van der Waals surface area contributed by atoms with E-state index in [4.69, 9.17) is 5.11 Å². The first kappa shape index (κ1) is 11.6. The lowest BCUT2D eigenvalue weighted by Crippen LogP contribution is -2.15. The average Bonchev–Trinajstić information content (AvgIpc) is 2.17. The minimum Gasteiger partial charge on any atom is -0.478 e. The molecule has 0 spiro atoms. The van der Waals surface area contributed by atoms with Crippen LogP contribution in [0.15, 0.2) is 23.4 Å². The molecule has 1 N–H and O–H groups in total. The lowest BCUT2D eigenvalue weighted by atomic mass is 10.3. The Balaban J connectivity index is 3.15. The molecule has 0 bridgehead atoms. The van der Waals surface area contributed by atoms with Crippen LogP contribution in [0.5, 0.6) is 0 Å². The van der Waals surface area contributed by atoms with E-state index in [1.165, 1.54) is 12.1 Å². The van der Waals surface area contributed by atoms with Crippen molar-refractivity contribution in [3.8, 4) is 0 Å². The molecule has 0 amide bonds. The van der Waals surface area contributed by atoms with Crippen molar-refractivity contribution in [1.82, 2.24) is 4.98 Å². The molecule has 5 nitrogen and oxygen atoms in total. The smallest absolute Gasteiger partial charge is 0.337 e. The van der Waals surface area contributed by atoms with Gasteiger partial charge in [0.15, 0.2) is 14.9 Å². The number of hydrogen-bond acceptors (Lipinski definition) is 4. The summed E-state index contributed by atoms with van der Waals surface area (Å²) in [5.41, 5.74) is -0.0299. The zero-order chi connectivity index (χ0) is 11.6. The van der Waals surface area contributed by atoms with E-state index in [9.17, 15) is 13.2 Å². The van der Waals surface area contributed by atoms with Crippen LogP contribution in [0.2, 0.25) is 0 Å². The third kappa shape index (κ3) is 2.33. The van der Waals surface area contributed by atoms with Gasteiger partial charge in [-0.3, -0.25) is 0 Å². The fraction of sp³-hybridized carbons (Fsp3) is 0.333. The molecule has 0 unspecified atom stereocenters. The summed E-state index contributed by atoms with van der Waals surface area (Å²) in [6.45, 7) is 3.09. The number of rotatable bonds is 3. The minimum absolute atomic E-state index is 0.0299. The van der Waals surface area contributed by atoms with Crippen LogP contribution in [0.25, 0.3) is 0 Å². The third-order valence-corrected chi connectivity index (χ3v) is 3.96. The van der Waals surface area contributed by atoms with Gasteiger partial charge in [-0.25, -0.2) is 18.2 Å². The van der Waals surface area contributed by atoms with Crippen molar-refractivity contribution in [3.05, 3.63) is 23.9 Å². The Labute approximate surface area is 87.7 Å². The molecule has 0 aliphatic rings. The molecule has 0 aromatic carbocycles. The van der Waals surface area contributed by atoms with Gasteiger partial charge in [-0.2, -0.15) is 0 Å². The standard InChI is InChI=1S/C9H11NO4S/c1-6(2)15(13,14)8-4-3-7(5-10-8)9(11)12/h3-6H,1-2H3,(H,11,12). The van der Waals surface area contributed by atoms with Crippen molar-refractivity contribution in [3.63, 3.8) is 0 Å². The van der Waals surface area contributed by atoms with Gasteiger partial charge in [0.25, 0.3) is 0 Å². The fourth-order valence-electron chi connectivity index (χ4n) is 0.917. The molecule has 1 aromatic heterocycles. The van der Waals surface area contributed by atoms with E-state index in [1.807, 2.05) is 0 Å². The highest BCUT2D eigenvalue weighted by molar-refractivity contribution is 7.91. The van der Waals surface area contributed by atoms with Gasteiger partial charge < -0.3 is 5.11 Å². The first-order valence-corrected chi connectivity index (χ1v) is 5.83. The molecule has 82 valence electrons. The monoisotopic (exact) mass is 229 g/mol. The highest BCUT2D eigenvalue weighted by Crippen LogP contribution is 2.13. The first-order valence-electron chi connectivity index (χ1n) is 4.29. The summed E-state index contributed by atoms with van der Waals surface area (Å²) in [5, 5.41) is 7.93. The number of nitrogens with zero attached hydrogens (tertiary/aromatic N) is 1. The van der Waals surface area contributed by atoms with Gasteiger partial charge in [-0.05, 0) is 26.0 Å². The molecule has 0 atom stereocenters. The minimum atomic E-state index is -3.42. The number of carboxylic acids is 1. The lowest BCUT2D eigenvalue weighted by molar-refractivity contribution is 0.0696. The molecule has 0 radical (unpaired) electrons. The Morgan fingerprint density at radius 1 is 1.40 bits per heavy atom. The highest BCUT2D eigenvalue weighted by atomic mass is 32.2. The van der Waals surface area contributed by atoms with E-state index >= 15 is 0 Å². The summed E-state index contributed by atoms with van der Waals surface area (Å²) in [4.78, 5) is 14.1. The van der Waals surface area contributed by atoms with Crippen LogP contribution in [0.4, 0.5) is 0 Å². The molecule has 6 heteroatoms. The maximum atomic E-state index is 11.6. The Hall–Kier alpha value is -1.43. The Morgan fingerprint density at radius 2 is 2.00 bits per heavy atom. The topological polar surface area (TPSA) is 84.3 Å². The number of carbonyl (C=O) groups is 1. The maximum Gasteiger partial charge on any atom is 0.337 e. The van der Waals surface area contributed by atoms with Crippen LogP contribution in [0, 0.1) is 0 Å². The fourth-order valence-corrected chi connectivity index (χ4v) is 1.86. The van der Waals surface area contributed by atoms with Gasteiger partial charge in [0, 0.05) is 6.20 Å². The van der Waals surface area contributed by atoms with Crippen molar-refractivity contribution < 1.29 is 18.3 Å². The Kier molecular flexibility index (Phi) is 3.09. The van der Waals surface area contributed by atoms with Crippen LogP contribution in [0.1, 0.15) is 24.2 Å². The zero-order valence-electron chi connectivity index (χ0n) is 8.34. The number of pyridine rings is 1. The number of sulfone groups is 1. The number of hydrogen-bond donors (Lipinski definition) is 1. The molecule has 1 aromatic rings. The lowest BCUT2D eigenvalue weighted by Gasteiger charge is -2.06. The molecule has 0 saturated carbocycles. The number of carboxylic acid groups (broad SMARTS) is 1. The molecule has 15 heavy (non-hydrogen) atoms. The predicted octanol–water partition coefficient (Wildman–Crippen LogP) is 0.962. The highest BCUT2D eigenvalue weighted by Gasteiger charge is 2.20. The first-order chi connectivity index (χ1) is 6.85. The second-order valence-electron chi connectivity index (χ2n) is 3.28. The van der Waals surface area contributed by atoms with Crippen molar-refractivity contribution in [1.29, 1.82) is 0 Å². The summed E-state index contributed by atoms with van der Waals surface area (Å²) in [6, 6.07) is 2.43. The van der Waals surface area contributed by atoms with Gasteiger partial charge in [0.1, 0.15) is 0 Å². The van der Waals surface area contributed by atoms with Crippen LogP contribution >= 0.6 is 0 Å². The molecule has 0 fully saturated rings. The van der Waals surface area contributed by atoms with Crippen LogP contribution in [-0.2, 0) is 9.84 Å². The largest absolute Gasteiger partial charge is 0.478 e. The van der Waals surface area contributed by atoms with Crippen molar-refractivity contribution in [2.24, 2.45) is 0 Å². The molecule has 0 aliphatic carbocycles. The second kappa shape index (κ2) is 3.98. The Bertz CT molecular complexity index is 461. The van der Waals surface area contributed by atoms with E-state index in [-0.39, 0.29) is 10.6 Å². The average molecular weight is 229 g/mol. The van der Waals surface area contributed by atoms with E-state index in [0.29, 0.717) is 0 Å². The molecule has 0 saturated heterocycles. The van der Waals surface area contributed by atoms with Crippen LogP contribution in [-0.4, -0.2) is 29.7 Å². The normalized spacial score (nSPS) is 11.7. The summed E-state index contributed by atoms with van der Waals surface area (Å²) >= 11 is 0. The van der Waals surface area contributed by atoms with Gasteiger partial charge in [-0.1, -0.05) is 0 Å². The summed E-state index contributed by atoms with van der Waals surface area (Å²) in [6.07, 6.45) is 1.04. The third-order valence-electron chi connectivity index (χ3n) is 1.90. The van der Waals surface area contributed by atoms with Crippen LogP contribution in [0.3, 0.4) is 0 Å². The van der Waals surface area contributed by atoms with Gasteiger partial charge in [-0.15, -0.1) is 0 Å². The maximum absolute atomic E-state index is 11.6. The summed E-state index contributed by atoms with van der Waals surface area (Å²) in [7, 11) is -3.42. The van der Waals surface area contributed by atoms with Crippen LogP contribution < -0.4 is 0 Å². The SMILES string of the molecule is CC(C)S(=O)(=O)c1ccc(C(=O)O)cn1. The predicted molar refractivity (Wildman–Crippen MR) is 53.5 cm³/mol. The van der Waals surface area contributed by atoms with Crippen molar-refractivity contribution in [2.75, 3.05) is 0 Å². The Morgan fingerprint density at radius 3 is 2.33 bits per heavy atom. The van der Waals surface area contributed by atoms with Crippen molar-refractivity contribution in [2.45, 2.75) is 24.1 Å². The second-order valence-corrected chi connectivity index (χ2v) is 5.74. The van der Waals surface area contributed by atoms with E-state index < -0.39 is 21.1 Å². The number of aromatic nitrogens is 1. The molecular formula is C9H11NO4S. The molecule has 1 rings (SSSR count). The van der Waals surface area contributed by atoms with E-state index in [1.54, 1.807) is 13.8 Å². The number of aromatic carboxylic acids is 1. The summed E-state index contributed by atoms with van der Waals surface area (Å²) < 4.78 is 23.2. The molecule has 1 heterocycles. The van der Waals surface area contributed by atoms with E-state index in [0.717, 1.165) is 6.20 Å². The molecule has 0 aliphatic heterocycles. The quantitative estimate of drug-likeness (QED) is 0.834. The van der Waals surface area contributed by atoms with Gasteiger partial charge in [0.2, 0.25) is 0 Å².